The summed E-state index contributed by atoms with van der Waals surface area (Å²) >= 11 is 0. The Bertz CT molecular complexity index is 672. The molecule has 7 heteroatoms. The minimum Gasteiger partial charge on any atom is -0.389 e. The van der Waals surface area contributed by atoms with Crippen molar-refractivity contribution >= 4 is 11.8 Å². The lowest BCUT2D eigenvalue weighted by atomic mass is 10.0. The lowest BCUT2D eigenvalue weighted by Gasteiger charge is -2.36. The fraction of sp³-hybridized carbons (Fsp3) is 0.312. The first kappa shape index (κ1) is 15.2. The Morgan fingerprint density at radius 3 is 2.87 bits per heavy atom. The summed E-state index contributed by atoms with van der Waals surface area (Å²) in [6.07, 6.45) is 4.55. The number of aliphatic hydroxyl groups excluding tert-OH is 1. The SMILES string of the molecule is O=C(N[C@@H]1CCN(C(=O)c2cc[nH]c2)C[C@H]1O)c1ccccn1. The number of hydrogen-bond donors (Lipinski definition) is 3. The van der Waals surface area contributed by atoms with E-state index >= 15 is 0 Å². The summed E-state index contributed by atoms with van der Waals surface area (Å²) < 4.78 is 0. The topological polar surface area (TPSA) is 98.3 Å². The third kappa shape index (κ3) is 3.40. The van der Waals surface area contributed by atoms with Gasteiger partial charge in [-0.1, -0.05) is 6.07 Å². The summed E-state index contributed by atoms with van der Waals surface area (Å²) in [6, 6.07) is 6.39. The van der Waals surface area contributed by atoms with Crippen LogP contribution in [0.3, 0.4) is 0 Å². The number of aliphatic hydroxyl groups is 1. The van der Waals surface area contributed by atoms with Crippen molar-refractivity contribution < 1.29 is 14.7 Å². The van der Waals surface area contributed by atoms with E-state index in [9.17, 15) is 14.7 Å². The first-order chi connectivity index (χ1) is 11.1. The highest BCUT2D eigenvalue weighted by Gasteiger charge is 2.31. The molecule has 3 rings (SSSR count). The van der Waals surface area contributed by atoms with Gasteiger partial charge in [-0.3, -0.25) is 14.6 Å². The van der Waals surface area contributed by atoms with E-state index in [1.165, 1.54) is 0 Å². The van der Waals surface area contributed by atoms with Crippen molar-refractivity contribution in [3.05, 3.63) is 54.1 Å². The van der Waals surface area contributed by atoms with Crippen LogP contribution in [0, 0.1) is 0 Å². The number of aromatic amines is 1. The van der Waals surface area contributed by atoms with Crippen LogP contribution in [0.25, 0.3) is 0 Å². The van der Waals surface area contributed by atoms with Crippen molar-refractivity contribution in [2.75, 3.05) is 13.1 Å². The van der Waals surface area contributed by atoms with Crippen molar-refractivity contribution in [1.82, 2.24) is 20.2 Å². The summed E-state index contributed by atoms with van der Waals surface area (Å²) in [5.74, 6) is -0.445. The van der Waals surface area contributed by atoms with Gasteiger partial charge in [0.25, 0.3) is 11.8 Å². The Labute approximate surface area is 133 Å². The molecule has 2 aromatic rings. The minimum atomic E-state index is -0.806. The monoisotopic (exact) mass is 314 g/mol. The molecule has 0 radical (unpaired) electrons. The summed E-state index contributed by atoms with van der Waals surface area (Å²) in [5, 5.41) is 13.0. The molecule has 2 amide bonds. The summed E-state index contributed by atoms with van der Waals surface area (Å²) in [6.45, 7) is 0.672. The first-order valence-corrected chi connectivity index (χ1v) is 7.47. The van der Waals surface area contributed by atoms with Crippen molar-refractivity contribution in [3.63, 3.8) is 0 Å². The van der Waals surface area contributed by atoms with Crippen LogP contribution in [0.15, 0.2) is 42.9 Å². The predicted molar refractivity (Wildman–Crippen MR) is 82.8 cm³/mol. The minimum absolute atomic E-state index is 0.125. The number of carbonyl (C=O) groups is 2. The van der Waals surface area contributed by atoms with Crippen LogP contribution in [0.2, 0.25) is 0 Å². The van der Waals surface area contributed by atoms with Gasteiger partial charge in [-0.05, 0) is 24.6 Å². The van der Waals surface area contributed by atoms with Crippen LogP contribution < -0.4 is 5.32 Å². The molecule has 1 saturated heterocycles. The number of piperidine rings is 1. The van der Waals surface area contributed by atoms with Crippen molar-refractivity contribution in [1.29, 1.82) is 0 Å². The Morgan fingerprint density at radius 1 is 1.35 bits per heavy atom. The summed E-state index contributed by atoms with van der Waals surface area (Å²) in [5.41, 5.74) is 0.874. The number of H-pyrrole nitrogens is 1. The van der Waals surface area contributed by atoms with Crippen LogP contribution >= 0.6 is 0 Å². The molecule has 3 N–H and O–H groups in total. The number of hydrogen-bond acceptors (Lipinski definition) is 4. The molecule has 2 aromatic heterocycles. The quantitative estimate of drug-likeness (QED) is 0.764. The van der Waals surface area contributed by atoms with Gasteiger partial charge in [-0.15, -0.1) is 0 Å². The number of β-amino-alcohol motifs (C(OH)–C–C–N with tert-alkyl or cyclic N) is 1. The average Bonchev–Trinajstić information content (AvgIpc) is 3.11. The third-order valence-electron chi connectivity index (χ3n) is 3.93. The number of likely N-dealkylation sites (tertiary alicyclic amines) is 1. The fourth-order valence-electron chi connectivity index (χ4n) is 2.66. The molecular weight excluding hydrogens is 296 g/mol. The maximum Gasteiger partial charge on any atom is 0.270 e. The molecule has 2 atom stereocenters. The molecule has 7 nitrogen and oxygen atoms in total. The second-order valence-electron chi connectivity index (χ2n) is 5.50. The number of nitrogens with zero attached hydrogens (tertiary/aromatic N) is 2. The second-order valence-corrected chi connectivity index (χ2v) is 5.50. The Balaban J connectivity index is 1.59. The highest BCUT2D eigenvalue weighted by atomic mass is 16.3. The third-order valence-corrected chi connectivity index (χ3v) is 3.93. The molecule has 0 aromatic carbocycles. The van der Waals surface area contributed by atoms with Crippen LogP contribution in [0.4, 0.5) is 0 Å². The van der Waals surface area contributed by atoms with Gasteiger partial charge < -0.3 is 20.3 Å². The molecule has 1 fully saturated rings. The van der Waals surface area contributed by atoms with Crippen molar-refractivity contribution in [2.24, 2.45) is 0 Å². The molecule has 23 heavy (non-hydrogen) atoms. The number of carbonyl (C=O) groups excluding carboxylic acids is 2. The highest BCUT2D eigenvalue weighted by Crippen LogP contribution is 2.15. The van der Waals surface area contributed by atoms with Crippen LogP contribution in [-0.4, -0.2) is 57.0 Å². The molecule has 0 saturated carbocycles. The van der Waals surface area contributed by atoms with Gasteiger partial charge in [0.05, 0.1) is 17.7 Å². The average molecular weight is 314 g/mol. The molecule has 0 aliphatic carbocycles. The van der Waals surface area contributed by atoms with Gasteiger partial charge in [0.2, 0.25) is 0 Å². The molecule has 0 bridgehead atoms. The molecule has 1 aliphatic heterocycles. The number of rotatable bonds is 3. The number of aromatic nitrogens is 2. The van der Waals surface area contributed by atoms with Crippen LogP contribution in [0.5, 0.6) is 0 Å². The van der Waals surface area contributed by atoms with Crippen molar-refractivity contribution in [2.45, 2.75) is 18.6 Å². The van der Waals surface area contributed by atoms with E-state index in [1.54, 1.807) is 47.8 Å². The van der Waals surface area contributed by atoms with Gasteiger partial charge >= 0.3 is 0 Å². The van der Waals surface area contributed by atoms with Gasteiger partial charge in [-0.25, -0.2) is 0 Å². The maximum atomic E-state index is 12.3. The largest absolute Gasteiger partial charge is 0.389 e. The van der Waals surface area contributed by atoms with E-state index in [2.05, 4.69) is 15.3 Å². The molecule has 3 heterocycles. The van der Waals surface area contributed by atoms with Crippen LogP contribution in [0.1, 0.15) is 27.3 Å². The van der Waals surface area contributed by atoms with E-state index in [4.69, 9.17) is 0 Å². The van der Waals surface area contributed by atoms with Crippen LogP contribution in [-0.2, 0) is 0 Å². The standard InChI is InChI=1S/C16H18N4O3/c21-14-10-20(16(23)11-4-7-17-9-11)8-5-12(14)19-15(22)13-3-1-2-6-18-13/h1-4,6-7,9,12,14,17,21H,5,8,10H2,(H,19,22)/t12-,14-/m1/s1. The van der Waals surface area contributed by atoms with Gasteiger partial charge in [0, 0.05) is 31.7 Å². The van der Waals surface area contributed by atoms with E-state index in [0.717, 1.165) is 0 Å². The van der Waals surface area contributed by atoms with Gasteiger partial charge in [-0.2, -0.15) is 0 Å². The van der Waals surface area contributed by atoms with Gasteiger partial charge in [0.15, 0.2) is 0 Å². The number of nitrogens with one attached hydrogen (secondary N) is 2. The molecular formula is C16H18N4O3. The molecule has 1 aliphatic rings. The van der Waals surface area contributed by atoms with E-state index < -0.39 is 6.10 Å². The Morgan fingerprint density at radius 2 is 2.22 bits per heavy atom. The first-order valence-electron chi connectivity index (χ1n) is 7.47. The Kier molecular flexibility index (Phi) is 4.38. The second kappa shape index (κ2) is 6.62. The Hall–Kier alpha value is -2.67. The lowest BCUT2D eigenvalue weighted by molar-refractivity contribution is 0.0314. The van der Waals surface area contributed by atoms with E-state index in [0.29, 0.717) is 24.2 Å². The maximum absolute atomic E-state index is 12.3. The predicted octanol–water partition coefficient (Wildman–Crippen LogP) is 0.415. The van der Waals surface area contributed by atoms with Gasteiger partial charge in [0.1, 0.15) is 5.69 Å². The zero-order valence-electron chi connectivity index (χ0n) is 12.5. The highest BCUT2D eigenvalue weighted by molar-refractivity contribution is 5.94. The number of amides is 2. The van der Waals surface area contributed by atoms with E-state index in [-0.39, 0.29) is 24.4 Å². The zero-order chi connectivity index (χ0) is 16.2. The fourth-order valence-corrected chi connectivity index (χ4v) is 2.66. The molecule has 0 spiro atoms. The number of pyridine rings is 1. The molecule has 0 unspecified atom stereocenters. The molecule has 120 valence electrons. The lowest BCUT2D eigenvalue weighted by Crippen LogP contribution is -2.55. The summed E-state index contributed by atoms with van der Waals surface area (Å²) in [7, 11) is 0. The zero-order valence-corrected chi connectivity index (χ0v) is 12.5. The summed E-state index contributed by atoms with van der Waals surface area (Å²) in [4.78, 5) is 32.8. The van der Waals surface area contributed by atoms with E-state index in [1.807, 2.05) is 0 Å². The van der Waals surface area contributed by atoms with Crippen molar-refractivity contribution in [3.8, 4) is 0 Å². The smallest absolute Gasteiger partial charge is 0.270 e. The normalized spacial score (nSPS) is 21.0.